The van der Waals surface area contributed by atoms with E-state index in [1.807, 2.05) is 0 Å². The van der Waals surface area contributed by atoms with E-state index < -0.39 is 0 Å². The van der Waals surface area contributed by atoms with E-state index in [0.717, 1.165) is 23.7 Å². The summed E-state index contributed by atoms with van der Waals surface area (Å²) in [6.07, 6.45) is 8.31. The Hall–Kier alpha value is -4.10. The average Bonchev–Trinajstić information content (AvgIpc) is 3.75. The summed E-state index contributed by atoms with van der Waals surface area (Å²) in [6, 6.07) is 44.6. The number of fused-ring (bicyclic) bond motifs is 9. The molecular formula is C48H47N. The van der Waals surface area contributed by atoms with E-state index >= 15 is 0 Å². The van der Waals surface area contributed by atoms with Crippen molar-refractivity contribution in [3.63, 3.8) is 0 Å². The maximum Gasteiger partial charge on any atom is 0.0546 e. The van der Waals surface area contributed by atoms with E-state index in [4.69, 9.17) is 0 Å². The highest BCUT2D eigenvalue weighted by Gasteiger charge is 2.84. The second-order valence-electron chi connectivity index (χ2n) is 18.0. The molecule has 6 aliphatic carbocycles. The molecule has 49 heavy (non-hydrogen) atoms. The number of anilines is 3. The number of nitrogens with zero attached hydrogens (tertiary/aromatic N) is 1. The smallest absolute Gasteiger partial charge is 0.0546 e. The lowest BCUT2D eigenvalue weighted by molar-refractivity contribution is -0.231. The molecule has 6 atom stereocenters. The second-order valence-corrected chi connectivity index (χ2v) is 18.0. The molecule has 6 aliphatic rings. The molecule has 0 aliphatic heterocycles. The predicted molar refractivity (Wildman–Crippen MR) is 203 cm³/mol. The van der Waals surface area contributed by atoms with Gasteiger partial charge >= 0.3 is 0 Å². The van der Waals surface area contributed by atoms with E-state index in [-0.39, 0.29) is 16.2 Å². The number of para-hydroxylation sites is 1. The predicted octanol–water partition coefficient (Wildman–Crippen LogP) is 12.5. The van der Waals surface area contributed by atoms with Crippen LogP contribution in [0.3, 0.4) is 0 Å². The van der Waals surface area contributed by atoms with Crippen molar-refractivity contribution < 1.29 is 0 Å². The molecule has 11 rings (SSSR count). The number of hydrogen-bond donors (Lipinski definition) is 0. The third-order valence-electron chi connectivity index (χ3n) is 15.2. The Balaban J connectivity index is 1.19. The van der Waals surface area contributed by atoms with Gasteiger partial charge in [-0.1, -0.05) is 113 Å². The summed E-state index contributed by atoms with van der Waals surface area (Å²) in [6.45, 7) is 9.76. The van der Waals surface area contributed by atoms with E-state index in [2.05, 4.69) is 148 Å². The molecule has 0 N–H and O–H groups in total. The van der Waals surface area contributed by atoms with Gasteiger partial charge in [0.25, 0.3) is 0 Å². The van der Waals surface area contributed by atoms with Crippen LogP contribution in [0.25, 0.3) is 22.3 Å². The van der Waals surface area contributed by atoms with Crippen LogP contribution in [0.2, 0.25) is 0 Å². The lowest BCUT2D eigenvalue weighted by Gasteiger charge is -2.76. The van der Waals surface area contributed by atoms with Gasteiger partial charge in [0.2, 0.25) is 0 Å². The van der Waals surface area contributed by atoms with Crippen molar-refractivity contribution in [1.82, 2.24) is 0 Å². The van der Waals surface area contributed by atoms with Crippen LogP contribution in [-0.2, 0) is 16.2 Å². The maximum absolute atomic E-state index is 2.60. The third-order valence-corrected chi connectivity index (χ3v) is 15.2. The summed E-state index contributed by atoms with van der Waals surface area (Å²) in [4.78, 5) is 2.58. The van der Waals surface area contributed by atoms with Gasteiger partial charge in [-0.05, 0) is 148 Å². The van der Waals surface area contributed by atoms with Crippen molar-refractivity contribution in [3.05, 3.63) is 138 Å². The minimum Gasteiger partial charge on any atom is -0.310 e. The summed E-state index contributed by atoms with van der Waals surface area (Å²) in [7, 11) is 0. The average molecular weight is 638 g/mol. The van der Waals surface area contributed by atoms with Crippen LogP contribution >= 0.6 is 0 Å². The van der Waals surface area contributed by atoms with Gasteiger partial charge in [-0.15, -0.1) is 0 Å². The van der Waals surface area contributed by atoms with Crippen LogP contribution in [0, 0.1) is 29.1 Å². The lowest BCUT2D eigenvalue weighted by Crippen LogP contribution is -2.73. The van der Waals surface area contributed by atoms with E-state index in [1.54, 1.807) is 11.1 Å². The highest BCUT2D eigenvalue weighted by atomic mass is 15.1. The van der Waals surface area contributed by atoms with Gasteiger partial charge in [0.1, 0.15) is 0 Å². The largest absolute Gasteiger partial charge is 0.310 e. The quantitative estimate of drug-likeness (QED) is 0.189. The first kappa shape index (κ1) is 28.7. The maximum atomic E-state index is 2.60. The van der Waals surface area contributed by atoms with Crippen molar-refractivity contribution in [2.24, 2.45) is 29.1 Å². The summed E-state index contributed by atoms with van der Waals surface area (Å²) >= 11 is 0. The Kier molecular flexibility index (Phi) is 5.49. The molecule has 5 aromatic carbocycles. The van der Waals surface area contributed by atoms with Crippen LogP contribution < -0.4 is 4.90 Å². The zero-order valence-electron chi connectivity index (χ0n) is 29.5. The molecule has 244 valence electrons. The first-order valence-corrected chi connectivity index (χ1v) is 19.1. The van der Waals surface area contributed by atoms with Gasteiger partial charge in [-0.3, -0.25) is 0 Å². The molecule has 0 saturated heterocycles. The van der Waals surface area contributed by atoms with E-state index in [1.165, 1.54) is 89.0 Å². The van der Waals surface area contributed by atoms with Crippen LogP contribution in [0.1, 0.15) is 88.5 Å². The summed E-state index contributed by atoms with van der Waals surface area (Å²) < 4.78 is 0. The molecule has 2 spiro atoms. The highest BCUT2D eigenvalue weighted by molar-refractivity contribution is 6.02. The second kappa shape index (κ2) is 9.36. The minimum absolute atomic E-state index is 0.135. The fourth-order valence-electron chi connectivity index (χ4n) is 13.2. The van der Waals surface area contributed by atoms with E-state index in [0.29, 0.717) is 5.41 Å². The Morgan fingerprint density at radius 1 is 0.551 bits per heavy atom. The van der Waals surface area contributed by atoms with Gasteiger partial charge in [0.05, 0.1) is 5.69 Å². The van der Waals surface area contributed by atoms with Gasteiger partial charge < -0.3 is 4.90 Å². The van der Waals surface area contributed by atoms with Gasteiger partial charge in [-0.2, -0.15) is 0 Å². The topological polar surface area (TPSA) is 3.24 Å². The number of benzene rings is 5. The van der Waals surface area contributed by atoms with Crippen LogP contribution in [-0.4, -0.2) is 0 Å². The monoisotopic (exact) mass is 637 g/mol. The van der Waals surface area contributed by atoms with E-state index in [9.17, 15) is 0 Å². The fourth-order valence-corrected chi connectivity index (χ4v) is 13.2. The van der Waals surface area contributed by atoms with Crippen molar-refractivity contribution >= 4 is 17.1 Å². The van der Waals surface area contributed by atoms with Crippen molar-refractivity contribution in [3.8, 4) is 22.3 Å². The molecule has 0 amide bonds. The highest BCUT2D eigenvalue weighted by Crippen LogP contribution is 2.89. The zero-order valence-corrected chi connectivity index (χ0v) is 29.5. The standard InChI is InChI=1S/C48H47N/c1-45(2)23-24-46(3,4)39-28-34(19-20-37(39)45)49(33-15-9-6-10-16-33)40-22-21-38-44(43(40)31-13-7-5-8-14-31)35-17-11-12-18-36(35)48(38)41-26-30-25-32-27-42(48)47(32,41)29-30/h5-22,28,30,32,41-42H,23-27,29H2,1-4H3. The Bertz CT molecular complexity index is 2170. The SMILES string of the molecule is CC1(C)CCC(C)(C)c2cc(N(c3ccccc3)c3ccc4c(c3-c3ccccc3)-c3ccccc3C43C4CC5CC6CC3C64C5)ccc21. The molecule has 2 bridgehead atoms. The number of rotatable bonds is 4. The zero-order chi connectivity index (χ0) is 32.9. The van der Waals surface area contributed by atoms with Gasteiger partial charge in [0.15, 0.2) is 0 Å². The van der Waals surface area contributed by atoms with Crippen LogP contribution in [0.5, 0.6) is 0 Å². The van der Waals surface area contributed by atoms with Crippen molar-refractivity contribution in [2.45, 2.75) is 82.5 Å². The lowest BCUT2D eigenvalue weighted by atomic mass is 9.27. The Morgan fingerprint density at radius 2 is 1.22 bits per heavy atom. The molecule has 6 unspecified atom stereocenters. The summed E-state index contributed by atoms with van der Waals surface area (Å²) in [5.41, 5.74) is 16.9. The third kappa shape index (κ3) is 3.38. The first-order valence-electron chi connectivity index (χ1n) is 19.1. The summed E-state index contributed by atoms with van der Waals surface area (Å²) in [5, 5.41) is 0. The molecule has 1 nitrogen and oxygen atoms in total. The molecule has 5 aromatic rings. The molecule has 1 heteroatoms. The fraction of sp³-hybridized carbons (Fsp3) is 0.375. The van der Waals surface area contributed by atoms with Crippen molar-refractivity contribution in [1.29, 1.82) is 0 Å². The normalized spacial score (nSPS) is 31.3. The van der Waals surface area contributed by atoms with Crippen LogP contribution in [0.15, 0.2) is 115 Å². The molecular weight excluding hydrogens is 591 g/mol. The molecule has 4 saturated carbocycles. The molecule has 0 heterocycles. The van der Waals surface area contributed by atoms with Crippen molar-refractivity contribution in [2.75, 3.05) is 4.90 Å². The first-order chi connectivity index (χ1) is 23.7. The molecule has 0 aromatic heterocycles. The summed E-state index contributed by atoms with van der Waals surface area (Å²) in [5.74, 6) is 3.55. The van der Waals surface area contributed by atoms with Gasteiger partial charge in [-0.25, -0.2) is 0 Å². The number of hydrogen-bond acceptors (Lipinski definition) is 1. The molecule has 4 fully saturated rings. The molecule has 0 radical (unpaired) electrons. The van der Waals surface area contributed by atoms with Gasteiger partial charge in [0, 0.05) is 22.4 Å². The minimum atomic E-state index is 0.135. The Labute approximate surface area is 292 Å². The van der Waals surface area contributed by atoms with Crippen LogP contribution in [0.4, 0.5) is 17.1 Å². The Morgan fingerprint density at radius 3 is 2.00 bits per heavy atom.